The summed E-state index contributed by atoms with van der Waals surface area (Å²) in [6, 6.07) is 23.7. The molecule has 4 aromatic rings. The molecule has 30 heavy (non-hydrogen) atoms. The maximum atomic E-state index is 6.54. The fourth-order valence-electron chi connectivity index (χ4n) is 4.66. The third-order valence-corrected chi connectivity index (χ3v) is 6.80. The van der Waals surface area contributed by atoms with Gasteiger partial charge in [0.2, 0.25) is 0 Å². The molecule has 0 spiro atoms. The van der Waals surface area contributed by atoms with E-state index in [-0.39, 0.29) is 5.54 Å². The second kappa shape index (κ2) is 6.75. The number of hydrogen-bond donors (Lipinski definition) is 1. The second-order valence-electron chi connectivity index (χ2n) is 8.87. The molecule has 0 atom stereocenters. The van der Waals surface area contributed by atoms with E-state index in [2.05, 4.69) is 60.7 Å². The molecule has 2 aromatic heterocycles. The van der Waals surface area contributed by atoms with E-state index in [0.717, 1.165) is 35.2 Å². The quantitative estimate of drug-likeness (QED) is 0.452. The molecule has 2 aliphatic rings. The van der Waals surface area contributed by atoms with E-state index in [9.17, 15) is 0 Å². The largest absolute Gasteiger partial charge is 0.321 e. The predicted molar refractivity (Wildman–Crippen MR) is 122 cm³/mol. The molecule has 3 nitrogen and oxygen atoms in total. The van der Waals surface area contributed by atoms with E-state index < -0.39 is 0 Å². The van der Waals surface area contributed by atoms with Crippen molar-refractivity contribution in [1.82, 2.24) is 9.97 Å². The minimum Gasteiger partial charge on any atom is -0.321 e. The lowest BCUT2D eigenvalue weighted by Crippen LogP contribution is -2.43. The molecule has 2 N–H and O–H groups in total. The molecule has 2 aromatic carbocycles. The van der Waals surface area contributed by atoms with Crippen molar-refractivity contribution in [2.45, 2.75) is 43.6 Å². The molecule has 2 fully saturated rings. The van der Waals surface area contributed by atoms with Gasteiger partial charge in [-0.05, 0) is 55.4 Å². The third kappa shape index (κ3) is 2.93. The Morgan fingerprint density at radius 2 is 1.63 bits per heavy atom. The molecule has 0 radical (unpaired) electrons. The number of hydrogen-bond acceptors (Lipinski definition) is 3. The predicted octanol–water partition coefficient (Wildman–Crippen LogP) is 6.18. The lowest BCUT2D eigenvalue weighted by molar-refractivity contribution is 0.253. The maximum absolute atomic E-state index is 6.54. The van der Waals surface area contributed by atoms with Crippen molar-refractivity contribution in [2.24, 2.45) is 5.73 Å². The SMILES string of the molecule is NC1(c2ccc(-c3nc4ccnc(C5CC5)c4cc3-c3ccccc3)cc2)CCC1. The number of pyridine rings is 2. The van der Waals surface area contributed by atoms with Gasteiger partial charge in [-0.15, -0.1) is 0 Å². The van der Waals surface area contributed by atoms with Crippen LogP contribution in [0.25, 0.3) is 33.3 Å². The highest BCUT2D eigenvalue weighted by molar-refractivity contribution is 5.93. The number of fused-ring (bicyclic) bond motifs is 1. The first-order chi connectivity index (χ1) is 14.7. The summed E-state index contributed by atoms with van der Waals surface area (Å²) in [6.45, 7) is 0. The van der Waals surface area contributed by atoms with Crippen LogP contribution in [0, 0.1) is 0 Å². The van der Waals surface area contributed by atoms with Gasteiger partial charge >= 0.3 is 0 Å². The summed E-state index contributed by atoms with van der Waals surface area (Å²) in [5.74, 6) is 0.590. The second-order valence-corrected chi connectivity index (χ2v) is 8.87. The standard InChI is InChI=1S/C27H25N3/c28-27(14-4-15-27)21-11-9-20(10-12-21)26-22(18-5-2-1-3-6-18)17-23-24(30-26)13-16-29-25(23)19-7-8-19/h1-3,5-6,9-13,16-17,19H,4,7-8,14-15,28H2. The van der Waals surface area contributed by atoms with Crippen LogP contribution >= 0.6 is 0 Å². The molecular weight excluding hydrogens is 366 g/mol. The molecule has 3 heteroatoms. The molecule has 0 saturated heterocycles. The monoisotopic (exact) mass is 391 g/mol. The lowest BCUT2D eigenvalue weighted by atomic mass is 9.72. The smallest absolute Gasteiger partial charge is 0.0788 e. The molecule has 0 aliphatic heterocycles. The summed E-state index contributed by atoms with van der Waals surface area (Å²) in [4.78, 5) is 9.85. The van der Waals surface area contributed by atoms with Crippen LogP contribution in [-0.4, -0.2) is 9.97 Å². The van der Waals surface area contributed by atoms with Crippen molar-refractivity contribution >= 4 is 10.9 Å². The highest BCUT2D eigenvalue weighted by Crippen LogP contribution is 2.44. The van der Waals surface area contributed by atoms with E-state index in [0.29, 0.717) is 5.92 Å². The first kappa shape index (κ1) is 17.8. The van der Waals surface area contributed by atoms with Crippen LogP contribution in [0.15, 0.2) is 72.9 Å². The van der Waals surface area contributed by atoms with E-state index >= 15 is 0 Å². The van der Waals surface area contributed by atoms with E-state index in [1.165, 1.54) is 41.5 Å². The number of benzene rings is 2. The van der Waals surface area contributed by atoms with Crippen LogP contribution in [-0.2, 0) is 5.54 Å². The highest BCUT2D eigenvalue weighted by atomic mass is 14.8. The average Bonchev–Trinajstić information content (AvgIpc) is 3.62. The zero-order valence-electron chi connectivity index (χ0n) is 17.0. The van der Waals surface area contributed by atoms with Crippen molar-refractivity contribution in [1.29, 1.82) is 0 Å². The van der Waals surface area contributed by atoms with E-state index in [1.54, 1.807) is 0 Å². The molecule has 148 valence electrons. The highest BCUT2D eigenvalue weighted by Gasteiger charge is 2.34. The number of nitrogens with zero attached hydrogens (tertiary/aromatic N) is 2. The minimum absolute atomic E-state index is 0.136. The van der Waals surface area contributed by atoms with Gasteiger partial charge in [0.25, 0.3) is 0 Å². The van der Waals surface area contributed by atoms with Gasteiger partial charge in [-0.3, -0.25) is 4.98 Å². The van der Waals surface area contributed by atoms with Crippen LogP contribution in [0.2, 0.25) is 0 Å². The molecule has 0 unspecified atom stereocenters. The Morgan fingerprint density at radius 3 is 2.30 bits per heavy atom. The lowest BCUT2D eigenvalue weighted by Gasteiger charge is -2.38. The third-order valence-electron chi connectivity index (χ3n) is 6.80. The zero-order chi connectivity index (χ0) is 20.1. The first-order valence-electron chi connectivity index (χ1n) is 11.0. The van der Waals surface area contributed by atoms with Crippen molar-refractivity contribution in [3.8, 4) is 22.4 Å². The van der Waals surface area contributed by atoms with Gasteiger partial charge in [-0.1, -0.05) is 54.6 Å². The van der Waals surface area contributed by atoms with Crippen LogP contribution < -0.4 is 5.73 Å². The Morgan fingerprint density at radius 1 is 0.867 bits per heavy atom. The summed E-state index contributed by atoms with van der Waals surface area (Å²) in [5.41, 5.74) is 14.4. The van der Waals surface area contributed by atoms with Crippen LogP contribution in [0.1, 0.15) is 49.3 Å². The molecule has 0 bridgehead atoms. The van der Waals surface area contributed by atoms with Gasteiger partial charge in [0.15, 0.2) is 0 Å². The fraction of sp³-hybridized carbons (Fsp3) is 0.259. The molecule has 2 heterocycles. The van der Waals surface area contributed by atoms with Crippen LogP contribution in [0.3, 0.4) is 0 Å². The molecule has 0 amide bonds. The van der Waals surface area contributed by atoms with Crippen molar-refractivity contribution in [3.63, 3.8) is 0 Å². The van der Waals surface area contributed by atoms with Gasteiger partial charge in [-0.2, -0.15) is 0 Å². The van der Waals surface area contributed by atoms with Gasteiger partial charge in [-0.25, -0.2) is 4.98 Å². The molecule has 2 saturated carbocycles. The summed E-state index contributed by atoms with van der Waals surface area (Å²) in [7, 11) is 0. The van der Waals surface area contributed by atoms with Crippen molar-refractivity contribution in [3.05, 3.63) is 84.2 Å². The Balaban J connectivity index is 1.53. The Bertz CT molecular complexity index is 1220. The van der Waals surface area contributed by atoms with Gasteiger partial charge in [0.1, 0.15) is 0 Å². The summed E-state index contributed by atoms with van der Waals surface area (Å²) in [6.07, 6.45) is 7.75. The van der Waals surface area contributed by atoms with Crippen molar-refractivity contribution < 1.29 is 0 Å². The number of aromatic nitrogens is 2. The average molecular weight is 392 g/mol. The Kier molecular flexibility index (Phi) is 4.00. The summed E-state index contributed by atoms with van der Waals surface area (Å²) >= 11 is 0. The Hall–Kier alpha value is -3.04. The topological polar surface area (TPSA) is 51.8 Å². The van der Waals surface area contributed by atoms with Crippen LogP contribution in [0.4, 0.5) is 0 Å². The molecular formula is C27H25N3. The summed E-state index contributed by atoms with van der Waals surface area (Å²) in [5, 5.41) is 1.19. The zero-order valence-corrected chi connectivity index (χ0v) is 17.0. The normalized spacial score (nSPS) is 17.6. The minimum atomic E-state index is -0.136. The van der Waals surface area contributed by atoms with Gasteiger partial charge < -0.3 is 5.73 Å². The fourth-order valence-corrected chi connectivity index (χ4v) is 4.66. The van der Waals surface area contributed by atoms with Crippen LogP contribution in [0.5, 0.6) is 0 Å². The maximum Gasteiger partial charge on any atom is 0.0788 e. The first-order valence-corrected chi connectivity index (χ1v) is 11.0. The summed E-state index contributed by atoms with van der Waals surface area (Å²) < 4.78 is 0. The van der Waals surface area contributed by atoms with E-state index in [1.807, 2.05) is 12.3 Å². The van der Waals surface area contributed by atoms with E-state index in [4.69, 9.17) is 15.7 Å². The Labute approximate surface area is 177 Å². The number of rotatable bonds is 4. The number of nitrogens with two attached hydrogens (primary N) is 1. The molecule has 6 rings (SSSR count). The van der Waals surface area contributed by atoms with Gasteiger partial charge in [0, 0.05) is 34.2 Å². The van der Waals surface area contributed by atoms with Gasteiger partial charge in [0.05, 0.1) is 16.9 Å². The van der Waals surface area contributed by atoms with Crippen molar-refractivity contribution in [2.75, 3.05) is 0 Å². The molecule has 2 aliphatic carbocycles.